The predicted molar refractivity (Wildman–Crippen MR) is 65.8 cm³/mol. The van der Waals surface area contributed by atoms with Crippen LogP contribution in [-0.4, -0.2) is 39.1 Å². The molecule has 0 atom stereocenters. The molecule has 5 heteroatoms. The van der Waals surface area contributed by atoms with Gasteiger partial charge in [0.15, 0.2) is 0 Å². The topological polar surface area (TPSA) is 60.9 Å². The van der Waals surface area contributed by atoms with Gasteiger partial charge in [-0.25, -0.2) is 4.79 Å². The van der Waals surface area contributed by atoms with Crippen LogP contribution in [0, 0.1) is 0 Å². The first-order valence-corrected chi connectivity index (χ1v) is 5.78. The quantitative estimate of drug-likeness (QED) is 0.867. The van der Waals surface area contributed by atoms with Crippen molar-refractivity contribution in [2.75, 3.05) is 6.54 Å². The van der Waals surface area contributed by atoms with Crippen LogP contribution in [0.3, 0.4) is 0 Å². The second-order valence-corrected chi connectivity index (χ2v) is 4.83. The molecular formula is C13H16N2O3. The third-order valence-electron chi connectivity index (χ3n) is 3.33. The zero-order valence-electron chi connectivity index (χ0n) is 10.5. The molecule has 1 aliphatic heterocycles. The molecule has 96 valence electrons. The summed E-state index contributed by atoms with van der Waals surface area (Å²) in [6.07, 6.45) is -1.07. The summed E-state index contributed by atoms with van der Waals surface area (Å²) in [5.74, 6) is -0.161. The van der Waals surface area contributed by atoms with Crippen LogP contribution in [0.5, 0.6) is 0 Å². The van der Waals surface area contributed by atoms with E-state index in [1.807, 2.05) is 30.3 Å². The minimum atomic E-state index is -1.07. The lowest BCUT2D eigenvalue weighted by Gasteiger charge is -2.36. The van der Waals surface area contributed by atoms with Gasteiger partial charge in [0.05, 0.1) is 0 Å². The van der Waals surface area contributed by atoms with E-state index in [9.17, 15) is 9.59 Å². The Morgan fingerprint density at radius 2 is 1.94 bits per heavy atom. The molecular weight excluding hydrogens is 232 g/mol. The van der Waals surface area contributed by atoms with Gasteiger partial charge in [-0.15, -0.1) is 0 Å². The third-order valence-corrected chi connectivity index (χ3v) is 3.33. The average Bonchev–Trinajstić information content (AvgIpc) is 2.54. The van der Waals surface area contributed by atoms with Crippen molar-refractivity contribution in [3.05, 3.63) is 35.9 Å². The summed E-state index contributed by atoms with van der Waals surface area (Å²) in [5, 5.41) is 9.10. The number of amides is 2. The van der Waals surface area contributed by atoms with E-state index in [-0.39, 0.29) is 12.5 Å². The Bertz CT molecular complexity index is 470. The highest BCUT2D eigenvalue weighted by Crippen LogP contribution is 2.28. The number of rotatable bonds is 2. The highest BCUT2D eigenvalue weighted by Gasteiger charge is 2.46. The molecule has 1 N–H and O–H groups in total. The number of hydrogen-bond donors (Lipinski definition) is 1. The fourth-order valence-electron chi connectivity index (χ4n) is 2.21. The molecule has 0 spiro atoms. The smallest absolute Gasteiger partial charge is 0.409 e. The normalized spacial score (nSPS) is 18.2. The monoisotopic (exact) mass is 248 g/mol. The first-order chi connectivity index (χ1) is 8.43. The zero-order chi connectivity index (χ0) is 13.3. The lowest BCUT2D eigenvalue weighted by molar-refractivity contribution is -0.130. The second kappa shape index (κ2) is 4.33. The number of benzene rings is 1. The Hall–Kier alpha value is -2.04. The maximum Gasteiger partial charge on any atom is 0.409 e. The van der Waals surface area contributed by atoms with Gasteiger partial charge in [-0.2, -0.15) is 0 Å². The van der Waals surface area contributed by atoms with Crippen LogP contribution in [0.25, 0.3) is 0 Å². The van der Waals surface area contributed by atoms with Gasteiger partial charge >= 0.3 is 6.09 Å². The third kappa shape index (κ3) is 2.03. The first-order valence-electron chi connectivity index (χ1n) is 5.78. The molecule has 0 bridgehead atoms. The second-order valence-electron chi connectivity index (χ2n) is 4.83. The zero-order valence-corrected chi connectivity index (χ0v) is 10.5. The van der Waals surface area contributed by atoms with Crippen molar-refractivity contribution in [2.45, 2.75) is 26.1 Å². The summed E-state index contributed by atoms with van der Waals surface area (Å²) >= 11 is 0. The Morgan fingerprint density at radius 3 is 2.44 bits per heavy atom. The molecule has 5 nitrogen and oxygen atoms in total. The molecule has 0 aliphatic carbocycles. The van der Waals surface area contributed by atoms with E-state index in [1.54, 1.807) is 18.7 Å². The van der Waals surface area contributed by atoms with Crippen LogP contribution in [0.1, 0.15) is 19.4 Å². The largest absolute Gasteiger partial charge is 0.465 e. The van der Waals surface area contributed by atoms with Crippen molar-refractivity contribution in [1.82, 2.24) is 9.80 Å². The van der Waals surface area contributed by atoms with Gasteiger partial charge in [-0.05, 0) is 19.4 Å². The number of carbonyl (C=O) groups excluding carboxylic acids is 1. The van der Waals surface area contributed by atoms with Gasteiger partial charge in [0, 0.05) is 6.54 Å². The van der Waals surface area contributed by atoms with Crippen LogP contribution >= 0.6 is 0 Å². The Kier molecular flexibility index (Phi) is 2.98. The number of nitrogens with zero attached hydrogens (tertiary/aromatic N) is 2. The van der Waals surface area contributed by atoms with E-state index >= 15 is 0 Å². The van der Waals surface area contributed by atoms with Crippen LogP contribution in [0.4, 0.5) is 4.79 Å². The molecule has 0 aromatic heterocycles. The van der Waals surface area contributed by atoms with Crippen LogP contribution in [0.2, 0.25) is 0 Å². The maximum absolute atomic E-state index is 11.9. The molecule has 2 rings (SSSR count). The summed E-state index contributed by atoms with van der Waals surface area (Å²) in [6.45, 7) is 3.84. The fourth-order valence-corrected chi connectivity index (χ4v) is 2.21. The summed E-state index contributed by atoms with van der Waals surface area (Å²) in [5.41, 5.74) is 0.185. The molecule has 1 heterocycles. The van der Waals surface area contributed by atoms with Crippen molar-refractivity contribution < 1.29 is 14.7 Å². The van der Waals surface area contributed by atoms with E-state index < -0.39 is 11.8 Å². The Labute approximate surface area is 106 Å². The maximum atomic E-state index is 11.9. The SMILES string of the molecule is CC1(C)N(C(=O)O)CC(=O)N1Cc1ccccc1. The fraction of sp³-hybridized carbons (Fsp3) is 0.385. The molecule has 0 unspecified atom stereocenters. The summed E-state index contributed by atoms with van der Waals surface area (Å²) in [4.78, 5) is 25.8. The van der Waals surface area contributed by atoms with E-state index in [4.69, 9.17) is 5.11 Å². The molecule has 0 radical (unpaired) electrons. The molecule has 2 amide bonds. The van der Waals surface area contributed by atoms with Crippen molar-refractivity contribution in [1.29, 1.82) is 0 Å². The molecule has 1 saturated heterocycles. The first kappa shape index (κ1) is 12.4. The van der Waals surface area contributed by atoms with Crippen molar-refractivity contribution in [3.8, 4) is 0 Å². The summed E-state index contributed by atoms with van der Waals surface area (Å²) < 4.78 is 0. The van der Waals surface area contributed by atoms with E-state index in [0.29, 0.717) is 6.54 Å². The highest BCUT2D eigenvalue weighted by atomic mass is 16.4. The minimum Gasteiger partial charge on any atom is -0.465 e. The van der Waals surface area contributed by atoms with Gasteiger partial charge in [-0.3, -0.25) is 9.69 Å². The van der Waals surface area contributed by atoms with Gasteiger partial charge < -0.3 is 10.0 Å². The highest BCUT2D eigenvalue weighted by molar-refractivity contribution is 5.86. The number of hydrogen-bond acceptors (Lipinski definition) is 2. The number of carbonyl (C=O) groups is 2. The molecule has 0 saturated carbocycles. The lowest BCUT2D eigenvalue weighted by atomic mass is 10.1. The summed E-state index contributed by atoms with van der Waals surface area (Å²) in [6, 6.07) is 9.55. The molecule has 18 heavy (non-hydrogen) atoms. The van der Waals surface area contributed by atoms with Crippen LogP contribution in [0.15, 0.2) is 30.3 Å². The minimum absolute atomic E-state index is 0.0742. The predicted octanol–water partition coefficient (Wildman–Crippen LogP) is 1.74. The lowest BCUT2D eigenvalue weighted by Crippen LogP contribution is -2.50. The number of carboxylic acid groups (broad SMARTS) is 1. The van der Waals surface area contributed by atoms with E-state index in [2.05, 4.69) is 0 Å². The van der Waals surface area contributed by atoms with Crippen LogP contribution in [-0.2, 0) is 11.3 Å². The Morgan fingerprint density at radius 1 is 1.33 bits per heavy atom. The van der Waals surface area contributed by atoms with Gasteiger partial charge in [0.25, 0.3) is 0 Å². The Balaban J connectivity index is 2.23. The standard InChI is InChI=1S/C13H16N2O3/c1-13(2)14(8-10-6-4-3-5-7-10)11(16)9-15(13)12(17)18/h3-7H,8-9H2,1-2H3,(H,17,18). The average molecular weight is 248 g/mol. The van der Waals surface area contributed by atoms with Crippen molar-refractivity contribution in [3.63, 3.8) is 0 Å². The van der Waals surface area contributed by atoms with Crippen LogP contribution < -0.4 is 0 Å². The van der Waals surface area contributed by atoms with Gasteiger partial charge in [0.1, 0.15) is 12.2 Å². The molecule has 1 fully saturated rings. The summed E-state index contributed by atoms with van der Waals surface area (Å²) in [7, 11) is 0. The molecule has 1 aromatic carbocycles. The van der Waals surface area contributed by atoms with Crippen molar-refractivity contribution in [2.24, 2.45) is 0 Å². The van der Waals surface area contributed by atoms with Gasteiger partial charge in [-0.1, -0.05) is 30.3 Å². The van der Waals surface area contributed by atoms with E-state index in [1.165, 1.54) is 0 Å². The molecule has 1 aliphatic rings. The van der Waals surface area contributed by atoms with E-state index in [0.717, 1.165) is 10.5 Å². The molecule has 1 aromatic rings. The van der Waals surface area contributed by atoms with Crippen molar-refractivity contribution >= 4 is 12.0 Å². The van der Waals surface area contributed by atoms with Gasteiger partial charge in [0.2, 0.25) is 5.91 Å².